The lowest BCUT2D eigenvalue weighted by atomic mass is 10.0. The molecule has 3 aromatic rings. The van der Waals surface area contributed by atoms with Crippen LogP contribution in [-0.4, -0.2) is 57.8 Å². The van der Waals surface area contributed by atoms with Crippen LogP contribution >= 0.6 is 0 Å². The summed E-state index contributed by atoms with van der Waals surface area (Å²) in [5, 5.41) is 4.38. The Morgan fingerprint density at radius 3 is 2.09 bits per heavy atom. The number of amides is 1. The van der Waals surface area contributed by atoms with E-state index in [2.05, 4.69) is 10.5 Å². The first-order chi connectivity index (χ1) is 16.5. The molecule has 0 spiro atoms. The number of hydrogen-bond donors (Lipinski definition) is 1. The van der Waals surface area contributed by atoms with Gasteiger partial charge in [-0.05, 0) is 18.2 Å². The summed E-state index contributed by atoms with van der Waals surface area (Å²) >= 11 is 0. The quantitative estimate of drug-likeness (QED) is 0.415. The zero-order valence-electron chi connectivity index (χ0n) is 18.7. The first-order valence-electron chi connectivity index (χ1n) is 10.8. The highest BCUT2D eigenvalue weighted by Crippen LogP contribution is 2.25. The van der Waals surface area contributed by atoms with Gasteiger partial charge in [0.05, 0.1) is 36.5 Å². The number of morpholine rings is 1. The van der Waals surface area contributed by atoms with E-state index in [0.29, 0.717) is 18.9 Å². The number of nitrogens with one attached hydrogen (secondary N) is 1. The van der Waals surface area contributed by atoms with Crippen molar-refractivity contribution < 1.29 is 22.7 Å². The third-order valence-electron chi connectivity index (χ3n) is 5.39. The first-order valence-corrected chi connectivity index (χ1v) is 12.2. The summed E-state index contributed by atoms with van der Waals surface area (Å²) in [4.78, 5) is 13.1. The second kappa shape index (κ2) is 10.6. The Balaban J connectivity index is 1.66. The minimum Gasteiger partial charge on any atom is -0.496 e. The second-order valence-corrected chi connectivity index (χ2v) is 9.45. The highest BCUT2D eigenvalue weighted by molar-refractivity contribution is 7.89. The molecule has 3 aromatic carbocycles. The largest absolute Gasteiger partial charge is 0.496 e. The van der Waals surface area contributed by atoms with Gasteiger partial charge in [-0.25, -0.2) is 13.8 Å². The van der Waals surface area contributed by atoms with Crippen LogP contribution in [0.4, 0.5) is 0 Å². The van der Waals surface area contributed by atoms with Crippen LogP contribution < -0.4 is 10.2 Å². The molecule has 0 aromatic heterocycles. The minimum absolute atomic E-state index is 0.00988. The van der Waals surface area contributed by atoms with Crippen LogP contribution in [0.2, 0.25) is 0 Å². The Labute approximate surface area is 198 Å². The van der Waals surface area contributed by atoms with E-state index in [-0.39, 0.29) is 29.3 Å². The number of rotatable bonds is 7. The molecule has 0 bridgehead atoms. The molecule has 0 unspecified atom stereocenters. The third-order valence-corrected chi connectivity index (χ3v) is 7.28. The van der Waals surface area contributed by atoms with E-state index in [0.717, 1.165) is 11.1 Å². The van der Waals surface area contributed by atoms with Gasteiger partial charge in [0.25, 0.3) is 5.91 Å². The number of sulfonamides is 1. The second-order valence-electron chi connectivity index (χ2n) is 7.51. The molecule has 0 aliphatic carbocycles. The number of benzene rings is 3. The summed E-state index contributed by atoms with van der Waals surface area (Å²) in [7, 11) is -2.36. The minimum atomic E-state index is -3.78. The number of hydrogen-bond acceptors (Lipinski definition) is 6. The van der Waals surface area contributed by atoms with Gasteiger partial charge in [-0.2, -0.15) is 9.41 Å². The molecule has 0 saturated carbocycles. The van der Waals surface area contributed by atoms with Gasteiger partial charge in [-0.1, -0.05) is 60.7 Å². The molecule has 1 saturated heterocycles. The Morgan fingerprint density at radius 2 is 1.53 bits per heavy atom. The van der Waals surface area contributed by atoms with Crippen molar-refractivity contribution in [1.29, 1.82) is 0 Å². The van der Waals surface area contributed by atoms with Gasteiger partial charge in [0.1, 0.15) is 5.75 Å². The Bertz CT molecular complexity index is 1230. The lowest BCUT2D eigenvalue weighted by Crippen LogP contribution is -2.40. The molecule has 176 valence electrons. The van der Waals surface area contributed by atoms with Gasteiger partial charge in [-0.15, -0.1) is 0 Å². The number of hydrazone groups is 1. The molecule has 0 radical (unpaired) electrons. The summed E-state index contributed by atoms with van der Waals surface area (Å²) in [6, 6.07) is 23.2. The molecule has 9 heteroatoms. The smallest absolute Gasteiger partial charge is 0.275 e. The summed E-state index contributed by atoms with van der Waals surface area (Å²) < 4.78 is 38.1. The Morgan fingerprint density at radius 1 is 0.941 bits per heavy atom. The third kappa shape index (κ3) is 5.17. The molecule has 34 heavy (non-hydrogen) atoms. The zero-order valence-corrected chi connectivity index (χ0v) is 19.5. The van der Waals surface area contributed by atoms with Crippen molar-refractivity contribution >= 4 is 21.6 Å². The van der Waals surface area contributed by atoms with Gasteiger partial charge in [0.15, 0.2) is 0 Å². The van der Waals surface area contributed by atoms with Crippen LogP contribution in [0.15, 0.2) is 88.9 Å². The number of carbonyl (C=O) groups excluding carboxylic acids is 1. The van der Waals surface area contributed by atoms with Crippen molar-refractivity contribution in [1.82, 2.24) is 9.73 Å². The average molecular weight is 480 g/mol. The van der Waals surface area contributed by atoms with E-state index in [4.69, 9.17) is 9.47 Å². The Hall–Kier alpha value is -3.53. The van der Waals surface area contributed by atoms with Crippen molar-refractivity contribution in [2.45, 2.75) is 4.90 Å². The van der Waals surface area contributed by atoms with Crippen LogP contribution in [0.5, 0.6) is 5.75 Å². The van der Waals surface area contributed by atoms with E-state index in [1.54, 1.807) is 0 Å². The van der Waals surface area contributed by atoms with Crippen molar-refractivity contribution in [3.05, 3.63) is 95.6 Å². The van der Waals surface area contributed by atoms with E-state index < -0.39 is 15.9 Å². The zero-order chi connectivity index (χ0) is 24.0. The van der Waals surface area contributed by atoms with E-state index in [1.807, 2.05) is 60.7 Å². The molecule has 0 atom stereocenters. The molecule has 4 rings (SSSR count). The molecule has 8 nitrogen and oxygen atoms in total. The maximum atomic E-state index is 13.1. The van der Waals surface area contributed by atoms with E-state index >= 15 is 0 Å². The summed E-state index contributed by atoms with van der Waals surface area (Å²) in [5.41, 5.74) is 4.86. The van der Waals surface area contributed by atoms with Crippen LogP contribution in [0, 0.1) is 0 Å². The van der Waals surface area contributed by atoms with Gasteiger partial charge in [-0.3, -0.25) is 4.79 Å². The summed E-state index contributed by atoms with van der Waals surface area (Å²) in [6.07, 6.45) is 0. The fraction of sp³-hybridized carbons (Fsp3) is 0.200. The lowest BCUT2D eigenvalue weighted by Gasteiger charge is -2.26. The Kier molecular flexibility index (Phi) is 7.36. The molecular weight excluding hydrogens is 454 g/mol. The van der Waals surface area contributed by atoms with Crippen LogP contribution in [0.25, 0.3) is 0 Å². The number of ether oxygens (including phenoxy) is 2. The molecule has 1 aliphatic rings. The molecule has 1 heterocycles. The predicted octanol–water partition coefficient (Wildman–Crippen LogP) is 2.90. The topological polar surface area (TPSA) is 97.3 Å². The van der Waals surface area contributed by atoms with E-state index in [1.165, 1.54) is 29.6 Å². The lowest BCUT2D eigenvalue weighted by molar-refractivity contribution is 0.0730. The number of carbonyl (C=O) groups is 1. The van der Waals surface area contributed by atoms with Gasteiger partial charge >= 0.3 is 0 Å². The SMILES string of the molecule is COc1ccc(S(=O)(=O)N2CCOCC2)cc1C(=O)NN=C(c1ccccc1)c1ccccc1. The average Bonchev–Trinajstić information content (AvgIpc) is 2.90. The maximum absolute atomic E-state index is 13.1. The van der Waals surface area contributed by atoms with Crippen molar-refractivity contribution in [2.75, 3.05) is 33.4 Å². The standard InChI is InChI=1S/C25H25N3O5S/c1-32-23-13-12-21(34(30,31)28-14-16-33-17-15-28)18-22(23)25(29)27-26-24(19-8-4-2-5-9-19)20-10-6-3-7-11-20/h2-13,18H,14-17H2,1H3,(H,27,29). The van der Waals surface area contributed by atoms with Gasteiger partial charge < -0.3 is 9.47 Å². The van der Waals surface area contributed by atoms with Crippen LogP contribution in [0.3, 0.4) is 0 Å². The molecule has 1 aliphatic heterocycles. The van der Waals surface area contributed by atoms with Crippen LogP contribution in [-0.2, 0) is 14.8 Å². The monoisotopic (exact) mass is 479 g/mol. The van der Waals surface area contributed by atoms with Crippen molar-refractivity contribution in [3.8, 4) is 5.75 Å². The highest BCUT2D eigenvalue weighted by Gasteiger charge is 2.28. The van der Waals surface area contributed by atoms with Gasteiger partial charge in [0, 0.05) is 24.2 Å². The van der Waals surface area contributed by atoms with Crippen molar-refractivity contribution in [2.24, 2.45) is 5.10 Å². The maximum Gasteiger partial charge on any atom is 0.275 e. The molecule has 1 N–H and O–H groups in total. The highest BCUT2D eigenvalue weighted by atomic mass is 32.2. The van der Waals surface area contributed by atoms with Gasteiger partial charge in [0.2, 0.25) is 10.0 Å². The molecule has 1 fully saturated rings. The predicted molar refractivity (Wildman–Crippen MR) is 129 cm³/mol. The molecular formula is C25H25N3O5S. The summed E-state index contributed by atoms with van der Waals surface area (Å²) in [6.45, 7) is 1.19. The normalized spacial score (nSPS) is 14.3. The summed E-state index contributed by atoms with van der Waals surface area (Å²) in [5.74, 6) is -0.338. The van der Waals surface area contributed by atoms with E-state index in [9.17, 15) is 13.2 Å². The number of nitrogens with zero attached hydrogens (tertiary/aromatic N) is 2. The fourth-order valence-corrected chi connectivity index (χ4v) is 5.05. The number of methoxy groups -OCH3 is 1. The fourth-order valence-electron chi connectivity index (χ4n) is 3.62. The molecule has 1 amide bonds. The first kappa shape index (κ1) is 23.6. The van der Waals surface area contributed by atoms with Crippen LogP contribution in [0.1, 0.15) is 21.5 Å². The van der Waals surface area contributed by atoms with Crippen molar-refractivity contribution in [3.63, 3.8) is 0 Å².